The van der Waals surface area contributed by atoms with Crippen LogP contribution in [0.2, 0.25) is 0 Å². The van der Waals surface area contributed by atoms with Crippen molar-refractivity contribution in [2.75, 3.05) is 26.2 Å². The van der Waals surface area contributed by atoms with Gasteiger partial charge in [-0.25, -0.2) is 0 Å². The molecule has 1 aromatic carbocycles. The van der Waals surface area contributed by atoms with Gasteiger partial charge in [0, 0.05) is 6.54 Å². The molecule has 1 unspecified atom stereocenters. The van der Waals surface area contributed by atoms with Crippen LogP contribution in [-0.2, 0) is 11.2 Å². The predicted molar refractivity (Wildman–Crippen MR) is 95.2 cm³/mol. The molecule has 1 aliphatic heterocycles. The van der Waals surface area contributed by atoms with Crippen LogP contribution in [0.3, 0.4) is 0 Å². The van der Waals surface area contributed by atoms with E-state index in [2.05, 4.69) is 40.5 Å². The molecule has 23 heavy (non-hydrogen) atoms. The molecule has 3 N–H and O–H groups in total. The first-order valence-electron chi connectivity index (χ1n) is 8.96. The Balaban J connectivity index is 1.69. The summed E-state index contributed by atoms with van der Waals surface area (Å²) in [6.07, 6.45) is 5.46. The molecule has 0 radical (unpaired) electrons. The van der Waals surface area contributed by atoms with Gasteiger partial charge in [-0.2, -0.15) is 0 Å². The average Bonchev–Trinajstić information content (AvgIpc) is 2.59. The summed E-state index contributed by atoms with van der Waals surface area (Å²) in [7, 11) is 0. The molecule has 1 aromatic rings. The molecule has 1 aliphatic rings. The Morgan fingerprint density at radius 1 is 1.26 bits per heavy atom. The van der Waals surface area contributed by atoms with Gasteiger partial charge in [0.25, 0.3) is 0 Å². The molecule has 0 spiro atoms. The second-order valence-corrected chi connectivity index (χ2v) is 6.63. The molecule has 2 rings (SSSR count). The van der Waals surface area contributed by atoms with Crippen molar-refractivity contribution in [2.24, 2.45) is 11.7 Å². The van der Waals surface area contributed by atoms with E-state index in [1.165, 1.54) is 18.4 Å². The van der Waals surface area contributed by atoms with Crippen molar-refractivity contribution in [2.45, 2.75) is 45.1 Å². The SMILES string of the molecule is CC(C(=O)NCCCCN)N1CCC(Cc2ccccc2)CC1. The summed E-state index contributed by atoms with van der Waals surface area (Å²) in [6, 6.07) is 10.7. The quantitative estimate of drug-likeness (QED) is 0.723. The fourth-order valence-electron chi connectivity index (χ4n) is 3.29. The normalized spacial score (nSPS) is 17.8. The zero-order chi connectivity index (χ0) is 16.5. The lowest BCUT2D eigenvalue weighted by atomic mass is 9.89. The third kappa shape index (κ3) is 5.96. The Bertz CT molecular complexity index is 455. The smallest absolute Gasteiger partial charge is 0.237 e. The Hall–Kier alpha value is -1.39. The van der Waals surface area contributed by atoms with Gasteiger partial charge in [0.05, 0.1) is 6.04 Å². The summed E-state index contributed by atoms with van der Waals surface area (Å²) in [5.41, 5.74) is 6.90. The topological polar surface area (TPSA) is 58.4 Å². The molecule has 0 aliphatic carbocycles. The number of hydrogen-bond donors (Lipinski definition) is 2. The first-order valence-corrected chi connectivity index (χ1v) is 8.96. The van der Waals surface area contributed by atoms with E-state index in [4.69, 9.17) is 5.73 Å². The molecule has 4 heteroatoms. The summed E-state index contributed by atoms with van der Waals surface area (Å²) >= 11 is 0. The Morgan fingerprint density at radius 2 is 1.96 bits per heavy atom. The van der Waals surface area contributed by atoms with Crippen LogP contribution in [0.5, 0.6) is 0 Å². The fourth-order valence-corrected chi connectivity index (χ4v) is 3.29. The summed E-state index contributed by atoms with van der Waals surface area (Å²) in [4.78, 5) is 14.5. The molecule has 1 amide bonds. The van der Waals surface area contributed by atoms with Crippen LogP contribution in [0.4, 0.5) is 0 Å². The van der Waals surface area contributed by atoms with Crippen molar-refractivity contribution >= 4 is 5.91 Å². The number of unbranched alkanes of at least 4 members (excludes halogenated alkanes) is 1. The van der Waals surface area contributed by atoms with Crippen LogP contribution < -0.4 is 11.1 Å². The number of carbonyl (C=O) groups is 1. The van der Waals surface area contributed by atoms with Gasteiger partial charge in [0.15, 0.2) is 0 Å². The van der Waals surface area contributed by atoms with E-state index in [0.29, 0.717) is 6.54 Å². The number of rotatable bonds is 8. The maximum Gasteiger partial charge on any atom is 0.237 e. The molecule has 0 saturated carbocycles. The van der Waals surface area contributed by atoms with Gasteiger partial charge in [-0.1, -0.05) is 30.3 Å². The van der Waals surface area contributed by atoms with Crippen molar-refractivity contribution < 1.29 is 4.79 Å². The van der Waals surface area contributed by atoms with Crippen molar-refractivity contribution in [3.8, 4) is 0 Å². The van der Waals surface area contributed by atoms with E-state index in [-0.39, 0.29) is 11.9 Å². The highest BCUT2D eigenvalue weighted by Gasteiger charge is 2.26. The van der Waals surface area contributed by atoms with Crippen LogP contribution in [0.15, 0.2) is 30.3 Å². The van der Waals surface area contributed by atoms with Gasteiger partial charge >= 0.3 is 0 Å². The highest BCUT2D eigenvalue weighted by Crippen LogP contribution is 2.22. The van der Waals surface area contributed by atoms with E-state index in [1.807, 2.05) is 6.92 Å². The van der Waals surface area contributed by atoms with Gasteiger partial charge in [0.1, 0.15) is 0 Å². The summed E-state index contributed by atoms with van der Waals surface area (Å²) < 4.78 is 0. The van der Waals surface area contributed by atoms with Gasteiger partial charge in [-0.3, -0.25) is 9.69 Å². The number of benzene rings is 1. The number of likely N-dealkylation sites (tertiary alicyclic amines) is 1. The number of piperidine rings is 1. The zero-order valence-electron chi connectivity index (χ0n) is 14.3. The summed E-state index contributed by atoms with van der Waals surface area (Å²) in [5.74, 6) is 0.900. The van der Waals surface area contributed by atoms with Crippen LogP contribution in [0.25, 0.3) is 0 Å². The first kappa shape index (κ1) is 18.0. The van der Waals surface area contributed by atoms with E-state index in [1.54, 1.807) is 0 Å². The maximum atomic E-state index is 12.2. The standard InChI is InChI=1S/C19H31N3O/c1-16(19(23)21-12-6-5-11-20)22-13-9-18(10-14-22)15-17-7-3-2-4-8-17/h2-4,7-8,16,18H,5-6,9-15,20H2,1H3,(H,21,23). The predicted octanol–water partition coefficient (Wildman–Crippen LogP) is 2.18. The van der Waals surface area contributed by atoms with Crippen LogP contribution in [-0.4, -0.2) is 43.0 Å². The molecule has 1 heterocycles. The molecular weight excluding hydrogens is 286 g/mol. The Kier molecular flexibility index (Phi) is 7.56. The van der Waals surface area contributed by atoms with Gasteiger partial charge in [-0.05, 0) is 70.1 Å². The van der Waals surface area contributed by atoms with Crippen LogP contribution >= 0.6 is 0 Å². The molecule has 4 nitrogen and oxygen atoms in total. The molecule has 1 fully saturated rings. The second-order valence-electron chi connectivity index (χ2n) is 6.63. The Labute approximate surface area is 140 Å². The third-order valence-corrected chi connectivity index (χ3v) is 4.87. The number of amides is 1. The lowest BCUT2D eigenvalue weighted by Gasteiger charge is -2.35. The highest BCUT2D eigenvalue weighted by atomic mass is 16.2. The van der Waals surface area contributed by atoms with Crippen LogP contribution in [0, 0.1) is 5.92 Å². The maximum absolute atomic E-state index is 12.2. The van der Waals surface area contributed by atoms with E-state index >= 15 is 0 Å². The van der Waals surface area contributed by atoms with Crippen LogP contribution in [0.1, 0.15) is 38.2 Å². The third-order valence-electron chi connectivity index (χ3n) is 4.87. The molecule has 128 valence electrons. The second kappa shape index (κ2) is 9.68. The van der Waals surface area contributed by atoms with Gasteiger partial charge in [-0.15, -0.1) is 0 Å². The number of hydrogen-bond acceptors (Lipinski definition) is 3. The minimum absolute atomic E-state index is 0.0226. The zero-order valence-corrected chi connectivity index (χ0v) is 14.3. The van der Waals surface area contributed by atoms with Crippen molar-refractivity contribution in [3.63, 3.8) is 0 Å². The average molecular weight is 317 g/mol. The number of nitrogens with two attached hydrogens (primary N) is 1. The van der Waals surface area contributed by atoms with Crippen molar-refractivity contribution in [1.82, 2.24) is 10.2 Å². The minimum atomic E-state index is -0.0226. The highest BCUT2D eigenvalue weighted by molar-refractivity contribution is 5.81. The Morgan fingerprint density at radius 3 is 2.61 bits per heavy atom. The van der Waals surface area contributed by atoms with E-state index < -0.39 is 0 Å². The molecule has 1 saturated heterocycles. The lowest BCUT2D eigenvalue weighted by Crippen LogP contribution is -2.48. The molecule has 1 atom stereocenters. The van der Waals surface area contributed by atoms with Gasteiger partial charge in [0.2, 0.25) is 5.91 Å². The fraction of sp³-hybridized carbons (Fsp3) is 0.632. The monoisotopic (exact) mass is 317 g/mol. The minimum Gasteiger partial charge on any atom is -0.355 e. The molecule has 0 aromatic heterocycles. The number of carbonyl (C=O) groups excluding carboxylic acids is 1. The van der Waals surface area contributed by atoms with E-state index in [9.17, 15) is 4.79 Å². The summed E-state index contributed by atoms with van der Waals surface area (Å²) in [5, 5.41) is 3.03. The molecule has 0 bridgehead atoms. The van der Waals surface area contributed by atoms with Crippen molar-refractivity contribution in [3.05, 3.63) is 35.9 Å². The number of nitrogens with one attached hydrogen (secondary N) is 1. The number of nitrogens with zero attached hydrogens (tertiary/aromatic N) is 1. The van der Waals surface area contributed by atoms with Crippen molar-refractivity contribution in [1.29, 1.82) is 0 Å². The molecular formula is C19H31N3O. The summed E-state index contributed by atoms with van der Waals surface area (Å²) in [6.45, 7) is 5.50. The van der Waals surface area contributed by atoms with Gasteiger partial charge < -0.3 is 11.1 Å². The first-order chi connectivity index (χ1) is 11.2. The van der Waals surface area contributed by atoms with E-state index in [0.717, 1.165) is 44.8 Å². The largest absolute Gasteiger partial charge is 0.355 e. The lowest BCUT2D eigenvalue weighted by molar-refractivity contribution is -0.126.